The molecule has 1 aliphatic heterocycles. The fraction of sp³-hybridized carbons (Fsp3) is 0.500. The summed E-state index contributed by atoms with van der Waals surface area (Å²) in [6.45, 7) is 4.25. The van der Waals surface area contributed by atoms with Crippen molar-refractivity contribution in [1.29, 1.82) is 0 Å². The maximum atomic E-state index is 6.22. The average Bonchev–Trinajstić information content (AvgIpc) is 2.99. The highest BCUT2D eigenvalue weighted by Crippen LogP contribution is 2.30. The van der Waals surface area contributed by atoms with E-state index in [-0.39, 0.29) is 0 Å². The molecule has 3 rings (SSSR count). The van der Waals surface area contributed by atoms with E-state index in [9.17, 15) is 0 Å². The highest BCUT2D eigenvalue weighted by atomic mass is 79.9. The zero-order valence-electron chi connectivity index (χ0n) is 10.4. The molecule has 5 nitrogen and oxygen atoms in total. The molecule has 2 N–H and O–H groups in total. The van der Waals surface area contributed by atoms with Crippen LogP contribution in [0.25, 0.3) is 5.65 Å². The van der Waals surface area contributed by atoms with Gasteiger partial charge in [0.15, 0.2) is 5.65 Å². The summed E-state index contributed by atoms with van der Waals surface area (Å²) in [6.07, 6.45) is 5.08. The molecular formula is C12H16BrN5. The zero-order chi connectivity index (χ0) is 12.7. The van der Waals surface area contributed by atoms with Crippen molar-refractivity contribution in [1.82, 2.24) is 14.6 Å². The fourth-order valence-corrected chi connectivity index (χ4v) is 2.89. The lowest BCUT2D eigenvalue weighted by molar-refractivity contribution is 0.877. The molecule has 1 aliphatic rings. The smallest absolute Gasteiger partial charge is 0.173 e. The standard InChI is InChI=1S/C12H16BrN5/c1-2-8-10(14)18-12(9(13)7-15-18)16-11(8)17-5-3-4-6-17/h7H,2-6,14H2,1H3. The van der Waals surface area contributed by atoms with E-state index in [2.05, 4.69) is 32.9 Å². The second-order valence-corrected chi connectivity index (χ2v) is 5.43. The van der Waals surface area contributed by atoms with Gasteiger partial charge in [0.05, 0.1) is 10.7 Å². The van der Waals surface area contributed by atoms with Crippen LogP contribution in [0.5, 0.6) is 0 Å². The third kappa shape index (κ3) is 1.67. The summed E-state index contributed by atoms with van der Waals surface area (Å²) in [5, 5.41) is 4.26. The van der Waals surface area contributed by atoms with Gasteiger partial charge in [-0.25, -0.2) is 4.98 Å². The van der Waals surface area contributed by atoms with Crippen LogP contribution in [0.4, 0.5) is 11.6 Å². The summed E-state index contributed by atoms with van der Waals surface area (Å²) in [7, 11) is 0. The highest BCUT2D eigenvalue weighted by Gasteiger charge is 2.21. The van der Waals surface area contributed by atoms with E-state index in [4.69, 9.17) is 10.7 Å². The van der Waals surface area contributed by atoms with Gasteiger partial charge in [0.2, 0.25) is 0 Å². The largest absolute Gasteiger partial charge is 0.383 e. The summed E-state index contributed by atoms with van der Waals surface area (Å²) in [5.41, 5.74) is 8.12. The number of fused-ring (bicyclic) bond motifs is 1. The molecule has 0 bridgehead atoms. The number of nitrogen functional groups attached to an aromatic ring is 1. The Balaban J connectivity index is 2.24. The normalized spacial score (nSPS) is 15.8. The molecule has 0 unspecified atom stereocenters. The third-order valence-corrected chi connectivity index (χ3v) is 4.04. The second-order valence-electron chi connectivity index (χ2n) is 4.57. The predicted molar refractivity (Wildman–Crippen MR) is 75.9 cm³/mol. The quantitative estimate of drug-likeness (QED) is 0.924. The van der Waals surface area contributed by atoms with Gasteiger partial charge in [0.1, 0.15) is 11.6 Å². The first-order valence-electron chi connectivity index (χ1n) is 6.29. The number of anilines is 2. The topological polar surface area (TPSA) is 59.5 Å². The van der Waals surface area contributed by atoms with Crippen molar-refractivity contribution >= 4 is 33.2 Å². The molecule has 18 heavy (non-hydrogen) atoms. The van der Waals surface area contributed by atoms with E-state index in [1.807, 2.05) is 0 Å². The molecule has 0 radical (unpaired) electrons. The Morgan fingerprint density at radius 3 is 2.78 bits per heavy atom. The van der Waals surface area contributed by atoms with Gasteiger partial charge in [0, 0.05) is 18.7 Å². The molecule has 2 aromatic heterocycles. The van der Waals surface area contributed by atoms with Gasteiger partial charge in [-0.15, -0.1) is 0 Å². The summed E-state index contributed by atoms with van der Waals surface area (Å²) in [5.74, 6) is 1.73. The number of rotatable bonds is 2. The molecule has 96 valence electrons. The minimum Gasteiger partial charge on any atom is -0.383 e. The maximum Gasteiger partial charge on any atom is 0.173 e. The van der Waals surface area contributed by atoms with Crippen molar-refractivity contribution in [2.24, 2.45) is 0 Å². The van der Waals surface area contributed by atoms with Crippen LogP contribution in [0.15, 0.2) is 10.7 Å². The van der Waals surface area contributed by atoms with E-state index in [0.29, 0.717) is 5.82 Å². The third-order valence-electron chi connectivity index (χ3n) is 3.48. The number of nitrogens with two attached hydrogens (primary N) is 1. The van der Waals surface area contributed by atoms with Crippen LogP contribution < -0.4 is 10.6 Å². The van der Waals surface area contributed by atoms with Gasteiger partial charge in [-0.3, -0.25) is 0 Å². The van der Waals surface area contributed by atoms with Crippen molar-refractivity contribution in [3.05, 3.63) is 16.2 Å². The van der Waals surface area contributed by atoms with Crippen LogP contribution >= 0.6 is 15.9 Å². The molecule has 0 saturated carbocycles. The van der Waals surface area contributed by atoms with Crippen molar-refractivity contribution < 1.29 is 0 Å². The fourth-order valence-electron chi connectivity index (χ4n) is 2.54. The molecule has 6 heteroatoms. The van der Waals surface area contributed by atoms with E-state index < -0.39 is 0 Å². The number of nitrogens with zero attached hydrogens (tertiary/aromatic N) is 4. The van der Waals surface area contributed by atoms with Crippen molar-refractivity contribution in [3.8, 4) is 0 Å². The molecule has 0 aromatic carbocycles. The average molecular weight is 310 g/mol. The number of aromatic nitrogens is 3. The van der Waals surface area contributed by atoms with Crippen LogP contribution in [0.1, 0.15) is 25.3 Å². The minimum absolute atomic E-state index is 0.704. The molecular weight excluding hydrogens is 294 g/mol. The number of hydrogen-bond donors (Lipinski definition) is 1. The lowest BCUT2D eigenvalue weighted by atomic mass is 10.2. The Labute approximate surface area is 114 Å². The molecule has 0 amide bonds. The SMILES string of the molecule is CCc1c(N2CCCC2)nc2c(Br)cnn2c1N. The molecule has 2 aromatic rings. The first kappa shape index (κ1) is 11.8. The number of hydrogen-bond acceptors (Lipinski definition) is 4. The summed E-state index contributed by atoms with van der Waals surface area (Å²) in [4.78, 5) is 7.08. The monoisotopic (exact) mass is 309 g/mol. The van der Waals surface area contributed by atoms with Crippen molar-refractivity contribution in [2.75, 3.05) is 23.7 Å². The van der Waals surface area contributed by atoms with E-state index >= 15 is 0 Å². The zero-order valence-corrected chi connectivity index (χ0v) is 11.9. The number of halogens is 1. The van der Waals surface area contributed by atoms with Crippen molar-refractivity contribution in [2.45, 2.75) is 26.2 Å². The Morgan fingerprint density at radius 1 is 1.39 bits per heavy atom. The van der Waals surface area contributed by atoms with E-state index in [1.165, 1.54) is 12.8 Å². The predicted octanol–water partition coefficient (Wildman–Crippen LogP) is 2.24. The van der Waals surface area contributed by atoms with Gasteiger partial charge in [-0.1, -0.05) is 6.92 Å². The Kier molecular flexibility index (Phi) is 2.89. The minimum atomic E-state index is 0.704. The Bertz CT molecular complexity index is 586. The molecule has 1 fully saturated rings. The summed E-state index contributed by atoms with van der Waals surface area (Å²) in [6, 6.07) is 0. The molecule has 3 heterocycles. The van der Waals surface area contributed by atoms with Crippen molar-refractivity contribution in [3.63, 3.8) is 0 Å². The molecule has 0 aliphatic carbocycles. The van der Waals surface area contributed by atoms with Crippen LogP contribution in [-0.4, -0.2) is 27.7 Å². The van der Waals surface area contributed by atoms with Gasteiger partial charge in [0.25, 0.3) is 0 Å². The lowest BCUT2D eigenvalue weighted by Gasteiger charge is -2.21. The maximum absolute atomic E-state index is 6.22. The van der Waals surface area contributed by atoms with Gasteiger partial charge >= 0.3 is 0 Å². The second kappa shape index (κ2) is 4.42. The Morgan fingerprint density at radius 2 is 2.11 bits per heavy atom. The van der Waals surface area contributed by atoms with E-state index in [0.717, 1.165) is 41.0 Å². The van der Waals surface area contributed by atoms with Crippen LogP contribution in [-0.2, 0) is 6.42 Å². The molecule has 0 spiro atoms. The van der Waals surface area contributed by atoms with Crippen LogP contribution in [0.2, 0.25) is 0 Å². The van der Waals surface area contributed by atoms with Crippen LogP contribution in [0.3, 0.4) is 0 Å². The van der Waals surface area contributed by atoms with Crippen LogP contribution in [0, 0.1) is 0 Å². The Hall–Kier alpha value is -1.30. The van der Waals surface area contributed by atoms with Gasteiger partial charge in [-0.05, 0) is 35.2 Å². The van der Waals surface area contributed by atoms with E-state index in [1.54, 1.807) is 10.7 Å². The molecule has 0 atom stereocenters. The molecule has 1 saturated heterocycles. The van der Waals surface area contributed by atoms with Gasteiger partial charge in [-0.2, -0.15) is 9.61 Å². The van der Waals surface area contributed by atoms with Gasteiger partial charge < -0.3 is 10.6 Å². The first-order valence-corrected chi connectivity index (χ1v) is 7.08. The first-order chi connectivity index (χ1) is 8.72. The summed E-state index contributed by atoms with van der Waals surface area (Å²) >= 11 is 3.47. The lowest BCUT2D eigenvalue weighted by Crippen LogP contribution is -2.22. The summed E-state index contributed by atoms with van der Waals surface area (Å²) < 4.78 is 2.60. The highest BCUT2D eigenvalue weighted by molar-refractivity contribution is 9.10.